The molecule has 2 heterocycles. The maximum absolute atomic E-state index is 14.1. The highest BCUT2D eigenvalue weighted by atomic mass is 16.7. The Hall–Kier alpha value is -3.65. The van der Waals surface area contributed by atoms with Crippen molar-refractivity contribution in [1.29, 1.82) is 0 Å². The fourth-order valence-corrected chi connectivity index (χ4v) is 5.96. The maximum atomic E-state index is 14.1. The Labute approximate surface area is 255 Å². The van der Waals surface area contributed by atoms with Crippen LogP contribution in [0.3, 0.4) is 0 Å². The third-order valence-corrected chi connectivity index (χ3v) is 7.95. The lowest BCUT2D eigenvalue weighted by molar-refractivity contribution is -0.220. The zero-order chi connectivity index (χ0) is 30.7. The third kappa shape index (κ3) is 6.35. The molecule has 7 nitrogen and oxygen atoms in total. The summed E-state index contributed by atoms with van der Waals surface area (Å²) < 4.78 is 25.1. The van der Waals surface area contributed by atoms with E-state index in [9.17, 15) is 9.90 Å². The topological polar surface area (TPSA) is 77.5 Å². The van der Waals surface area contributed by atoms with Gasteiger partial charge in [-0.1, -0.05) is 91.0 Å². The van der Waals surface area contributed by atoms with Gasteiger partial charge in [0.15, 0.2) is 0 Å². The van der Waals surface area contributed by atoms with Gasteiger partial charge in [0.2, 0.25) is 11.5 Å². The van der Waals surface area contributed by atoms with Gasteiger partial charge in [0.25, 0.3) is 0 Å². The van der Waals surface area contributed by atoms with Crippen LogP contribution in [0.2, 0.25) is 0 Å². The summed E-state index contributed by atoms with van der Waals surface area (Å²) in [5.74, 6) is -2.36. The van der Waals surface area contributed by atoms with E-state index >= 15 is 0 Å². The van der Waals surface area contributed by atoms with Gasteiger partial charge < -0.3 is 24.1 Å². The van der Waals surface area contributed by atoms with Gasteiger partial charge in [0.05, 0.1) is 12.5 Å². The Kier molecular flexibility index (Phi) is 8.70. The standard InChI is InChI=1S/C36H43NO6/c1-33(2,3)43-32(38)36(39,37-23-15-16-24-37)30(31-26-40-34(4,5)42-31)25-41-35(27-17-9-6-10-18-27,28-19-11-7-12-20-28)29-21-13-8-14-22-29/h6-14,17-22,26,30,39H,15-16,23-25H2,1-5H3/t30?,36-/m0/s1. The Morgan fingerprint density at radius 1 is 0.860 bits per heavy atom. The lowest BCUT2D eigenvalue weighted by atomic mass is 9.79. The molecule has 2 aliphatic rings. The largest absolute Gasteiger partial charge is 0.457 e. The normalized spacial score (nSPS) is 19.1. The Balaban J connectivity index is 1.66. The van der Waals surface area contributed by atoms with Crippen LogP contribution < -0.4 is 0 Å². The van der Waals surface area contributed by atoms with E-state index in [-0.39, 0.29) is 6.61 Å². The average Bonchev–Trinajstić information content (AvgIpc) is 3.66. The Morgan fingerprint density at radius 3 is 1.72 bits per heavy atom. The third-order valence-electron chi connectivity index (χ3n) is 7.95. The van der Waals surface area contributed by atoms with E-state index in [0.29, 0.717) is 18.8 Å². The molecule has 2 atom stereocenters. The summed E-state index contributed by atoms with van der Waals surface area (Å²) >= 11 is 0. The number of carbonyl (C=O) groups is 1. The van der Waals surface area contributed by atoms with Gasteiger partial charge >= 0.3 is 5.97 Å². The molecule has 0 spiro atoms. The fraction of sp³-hybridized carbons (Fsp3) is 0.417. The van der Waals surface area contributed by atoms with Crippen LogP contribution in [-0.4, -0.2) is 52.8 Å². The number of carbonyl (C=O) groups excluding carboxylic acids is 1. The molecule has 0 aliphatic carbocycles. The first-order valence-electron chi connectivity index (χ1n) is 15.0. The fourth-order valence-electron chi connectivity index (χ4n) is 5.96. The van der Waals surface area contributed by atoms with Crippen molar-refractivity contribution in [3.63, 3.8) is 0 Å². The summed E-state index contributed by atoms with van der Waals surface area (Å²) in [6, 6.07) is 30.0. The van der Waals surface area contributed by atoms with Gasteiger partial charge in [-0.3, -0.25) is 4.90 Å². The first-order valence-corrected chi connectivity index (χ1v) is 15.0. The van der Waals surface area contributed by atoms with E-state index < -0.39 is 34.6 Å². The average molecular weight is 586 g/mol. The second kappa shape index (κ2) is 12.2. The molecule has 7 heteroatoms. The van der Waals surface area contributed by atoms with E-state index in [0.717, 1.165) is 29.5 Å². The molecule has 0 aromatic heterocycles. The lowest BCUT2D eigenvalue weighted by Crippen LogP contribution is -2.62. The van der Waals surface area contributed by atoms with Crippen LogP contribution in [0.25, 0.3) is 0 Å². The highest BCUT2D eigenvalue weighted by Crippen LogP contribution is 2.44. The number of hydrogen-bond donors (Lipinski definition) is 1. The summed E-state index contributed by atoms with van der Waals surface area (Å²) in [7, 11) is 0. The predicted octanol–water partition coefficient (Wildman–Crippen LogP) is 6.36. The first-order chi connectivity index (χ1) is 20.5. The van der Waals surface area contributed by atoms with Crippen molar-refractivity contribution in [2.75, 3.05) is 19.7 Å². The molecule has 1 N–H and O–H groups in total. The molecule has 3 aromatic carbocycles. The molecule has 1 unspecified atom stereocenters. The van der Waals surface area contributed by atoms with Crippen LogP contribution >= 0.6 is 0 Å². The number of ether oxygens (including phenoxy) is 4. The van der Waals surface area contributed by atoms with Gasteiger partial charge in [-0.2, -0.15) is 0 Å². The van der Waals surface area contributed by atoms with Gasteiger partial charge in [-0.25, -0.2) is 4.79 Å². The van der Waals surface area contributed by atoms with Crippen LogP contribution in [0.15, 0.2) is 103 Å². The molecular formula is C36H43NO6. The highest BCUT2D eigenvalue weighted by molar-refractivity contribution is 5.80. The molecule has 0 radical (unpaired) electrons. The Bertz CT molecular complexity index is 1300. The lowest BCUT2D eigenvalue weighted by Gasteiger charge is -2.44. The number of benzene rings is 3. The SMILES string of the molecule is CC(C)(C)OC(=O)[C@@](O)(C(COC(c1ccccc1)(c1ccccc1)c1ccccc1)C1=COC(C)(C)O1)N1CCCC1. The van der Waals surface area contributed by atoms with Crippen molar-refractivity contribution in [2.45, 2.75) is 70.2 Å². The van der Waals surface area contributed by atoms with E-state index in [1.807, 2.05) is 91.0 Å². The van der Waals surface area contributed by atoms with Gasteiger partial charge in [-0.15, -0.1) is 0 Å². The zero-order valence-corrected chi connectivity index (χ0v) is 25.8. The maximum Gasteiger partial charge on any atom is 0.355 e. The molecule has 3 aromatic rings. The van der Waals surface area contributed by atoms with Crippen molar-refractivity contribution in [2.24, 2.45) is 5.92 Å². The van der Waals surface area contributed by atoms with Gasteiger partial charge in [-0.05, 0) is 50.3 Å². The summed E-state index contributed by atoms with van der Waals surface area (Å²) in [6.45, 7) is 9.95. The molecular weight excluding hydrogens is 542 g/mol. The molecule has 43 heavy (non-hydrogen) atoms. The smallest absolute Gasteiger partial charge is 0.355 e. The molecule has 1 fully saturated rings. The second-order valence-corrected chi connectivity index (χ2v) is 12.7. The van der Waals surface area contributed by atoms with Gasteiger partial charge in [0.1, 0.15) is 23.2 Å². The first kappa shape index (κ1) is 30.8. The minimum absolute atomic E-state index is 0.0871. The number of nitrogens with zero attached hydrogens (tertiary/aromatic N) is 1. The molecule has 5 rings (SSSR count). The number of esters is 1. The summed E-state index contributed by atoms with van der Waals surface area (Å²) in [4.78, 5) is 15.9. The van der Waals surface area contributed by atoms with E-state index in [2.05, 4.69) is 0 Å². The summed E-state index contributed by atoms with van der Waals surface area (Å²) in [5.41, 5.74) is -1.24. The van der Waals surface area contributed by atoms with E-state index in [1.54, 1.807) is 39.5 Å². The summed E-state index contributed by atoms with van der Waals surface area (Å²) in [5, 5.41) is 12.6. The minimum Gasteiger partial charge on any atom is -0.457 e. The molecule has 0 saturated carbocycles. The predicted molar refractivity (Wildman–Crippen MR) is 165 cm³/mol. The quantitative estimate of drug-likeness (QED) is 0.219. The van der Waals surface area contributed by atoms with E-state index in [1.165, 1.54) is 6.26 Å². The van der Waals surface area contributed by atoms with Crippen molar-refractivity contribution in [1.82, 2.24) is 4.90 Å². The van der Waals surface area contributed by atoms with Crippen molar-refractivity contribution < 1.29 is 28.8 Å². The molecule has 1 saturated heterocycles. The van der Waals surface area contributed by atoms with Crippen LogP contribution in [0.5, 0.6) is 0 Å². The summed E-state index contributed by atoms with van der Waals surface area (Å²) in [6.07, 6.45) is 3.19. The number of aliphatic hydroxyl groups is 1. The molecule has 0 amide bonds. The number of hydrogen-bond acceptors (Lipinski definition) is 7. The van der Waals surface area contributed by atoms with Crippen molar-refractivity contribution in [3.05, 3.63) is 120 Å². The minimum atomic E-state index is -2.07. The Morgan fingerprint density at radius 2 is 1.33 bits per heavy atom. The van der Waals surface area contributed by atoms with Crippen LogP contribution in [0, 0.1) is 5.92 Å². The monoisotopic (exact) mass is 585 g/mol. The van der Waals surface area contributed by atoms with Crippen molar-refractivity contribution in [3.8, 4) is 0 Å². The highest BCUT2D eigenvalue weighted by Gasteiger charge is 2.57. The number of rotatable bonds is 10. The van der Waals surface area contributed by atoms with Gasteiger partial charge in [0, 0.05) is 26.9 Å². The molecule has 0 bridgehead atoms. The van der Waals surface area contributed by atoms with Crippen LogP contribution in [-0.2, 0) is 29.3 Å². The van der Waals surface area contributed by atoms with Crippen LogP contribution in [0.4, 0.5) is 0 Å². The second-order valence-electron chi connectivity index (χ2n) is 12.7. The van der Waals surface area contributed by atoms with Crippen molar-refractivity contribution >= 4 is 5.97 Å². The molecule has 228 valence electrons. The van der Waals surface area contributed by atoms with Crippen LogP contribution in [0.1, 0.15) is 64.2 Å². The number of likely N-dealkylation sites (tertiary alicyclic amines) is 1. The van der Waals surface area contributed by atoms with E-state index in [4.69, 9.17) is 18.9 Å². The zero-order valence-electron chi connectivity index (χ0n) is 25.8. The molecule has 2 aliphatic heterocycles.